The molecule has 1 N–H and O–H groups in total. The van der Waals surface area contributed by atoms with Gasteiger partial charge in [-0.3, -0.25) is 4.79 Å². The smallest absolute Gasteiger partial charge is 0.227 e. The molecule has 2 heterocycles. The van der Waals surface area contributed by atoms with E-state index in [1.54, 1.807) is 0 Å². The second-order valence-corrected chi connectivity index (χ2v) is 6.28. The molecule has 1 unspecified atom stereocenters. The fraction of sp³-hybridized carbons (Fsp3) is 0.263. The molecule has 4 nitrogen and oxygen atoms in total. The topological polar surface area (TPSA) is 49.0 Å². The standard InChI is InChI=1S/C19H19N3O.ClH/c1-12-6-5-7-13(2)18(12)22-11-14(10-17(22)23)19-20-15-8-3-4-9-16(15)21-19;/h3-9,14H,10-11H2,1-2H3,(H,20,21);1H. The highest BCUT2D eigenvalue weighted by atomic mass is 35.5. The average Bonchev–Trinajstić information content (AvgIpc) is 3.11. The number of hydrogen-bond acceptors (Lipinski definition) is 2. The van der Waals surface area contributed by atoms with Crippen molar-refractivity contribution in [1.29, 1.82) is 0 Å². The predicted molar refractivity (Wildman–Crippen MR) is 99.0 cm³/mol. The van der Waals surface area contributed by atoms with Gasteiger partial charge in [-0.1, -0.05) is 30.3 Å². The zero-order chi connectivity index (χ0) is 16.0. The highest BCUT2D eigenvalue weighted by Gasteiger charge is 2.34. The molecular formula is C19H20ClN3O. The van der Waals surface area contributed by atoms with Crippen molar-refractivity contribution in [3.8, 4) is 0 Å². The lowest BCUT2D eigenvalue weighted by molar-refractivity contribution is -0.117. The number of amides is 1. The van der Waals surface area contributed by atoms with Gasteiger partial charge in [0.15, 0.2) is 0 Å². The minimum Gasteiger partial charge on any atom is -0.342 e. The summed E-state index contributed by atoms with van der Waals surface area (Å²) >= 11 is 0. The Hall–Kier alpha value is -2.33. The molecule has 0 radical (unpaired) electrons. The molecule has 1 aliphatic heterocycles. The summed E-state index contributed by atoms with van der Waals surface area (Å²) in [6.45, 7) is 4.80. The Bertz CT molecular complexity index is 849. The van der Waals surface area contributed by atoms with E-state index in [1.807, 2.05) is 35.2 Å². The van der Waals surface area contributed by atoms with Crippen molar-refractivity contribution in [2.45, 2.75) is 26.2 Å². The van der Waals surface area contributed by atoms with Crippen LogP contribution in [0.15, 0.2) is 42.5 Å². The molecule has 1 saturated heterocycles. The number of aromatic amines is 1. The number of fused-ring (bicyclic) bond motifs is 1. The Morgan fingerprint density at radius 3 is 2.50 bits per heavy atom. The molecule has 0 aliphatic carbocycles. The van der Waals surface area contributed by atoms with Crippen molar-refractivity contribution in [3.63, 3.8) is 0 Å². The average molecular weight is 342 g/mol. The molecular weight excluding hydrogens is 322 g/mol. The van der Waals surface area contributed by atoms with Crippen LogP contribution in [0.3, 0.4) is 0 Å². The van der Waals surface area contributed by atoms with Gasteiger partial charge in [0.05, 0.1) is 11.0 Å². The Labute approximate surface area is 147 Å². The SMILES string of the molecule is Cc1cccc(C)c1N1CC(c2nc3ccccc3[nH]2)CC1=O.Cl. The van der Waals surface area contributed by atoms with Gasteiger partial charge in [0.25, 0.3) is 0 Å². The highest BCUT2D eigenvalue weighted by molar-refractivity contribution is 5.98. The number of benzene rings is 2. The van der Waals surface area contributed by atoms with Gasteiger partial charge in [0.1, 0.15) is 5.82 Å². The maximum atomic E-state index is 12.6. The second kappa shape index (κ2) is 6.29. The van der Waals surface area contributed by atoms with Gasteiger partial charge < -0.3 is 9.88 Å². The number of imidazole rings is 1. The Kier molecular flexibility index (Phi) is 4.33. The molecule has 5 heteroatoms. The van der Waals surface area contributed by atoms with Gasteiger partial charge in [-0.2, -0.15) is 0 Å². The normalized spacial score (nSPS) is 17.3. The minimum atomic E-state index is 0. The minimum absolute atomic E-state index is 0. The molecule has 24 heavy (non-hydrogen) atoms. The van der Waals surface area contributed by atoms with Crippen LogP contribution >= 0.6 is 12.4 Å². The Morgan fingerprint density at radius 2 is 1.79 bits per heavy atom. The lowest BCUT2D eigenvalue weighted by Crippen LogP contribution is -2.26. The summed E-state index contributed by atoms with van der Waals surface area (Å²) in [5.41, 5.74) is 5.32. The van der Waals surface area contributed by atoms with Crippen molar-refractivity contribution in [2.24, 2.45) is 0 Å². The number of rotatable bonds is 2. The van der Waals surface area contributed by atoms with E-state index in [0.717, 1.165) is 33.7 Å². The number of halogens is 1. The van der Waals surface area contributed by atoms with Crippen molar-refractivity contribution < 1.29 is 4.79 Å². The van der Waals surface area contributed by atoms with Gasteiger partial charge in [-0.15, -0.1) is 12.4 Å². The lowest BCUT2D eigenvalue weighted by Gasteiger charge is -2.21. The van der Waals surface area contributed by atoms with Gasteiger partial charge in [-0.05, 0) is 37.1 Å². The molecule has 1 atom stereocenters. The molecule has 3 aromatic rings. The monoisotopic (exact) mass is 341 g/mol. The molecule has 1 fully saturated rings. The van der Waals surface area contributed by atoms with Crippen LogP contribution < -0.4 is 4.90 Å². The van der Waals surface area contributed by atoms with E-state index in [-0.39, 0.29) is 24.2 Å². The molecule has 124 valence electrons. The molecule has 0 spiro atoms. The van der Waals surface area contributed by atoms with Crippen LogP contribution in [0, 0.1) is 13.8 Å². The largest absolute Gasteiger partial charge is 0.342 e. The third kappa shape index (κ3) is 2.67. The quantitative estimate of drug-likeness (QED) is 0.762. The Balaban J connectivity index is 0.00000169. The summed E-state index contributed by atoms with van der Waals surface area (Å²) in [6.07, 6.45) is 0.508. The number of aryl methyl sites for hydroxylation is 2. The van der Waals surface area contributed by atoms with Gasteiger partial charge in [0.2, 0.25) is 5.91 Å². The summed E-state index contributed by atoms with van der Waals surface area (Å²) in [5, 5.41) is 0. The summed E-state index contributed by atoms with van der Waals surface area (Å²) < 4.78 is 0. The first kappa shape index (κ1) is 16.5. The predicted octanol–water partition coefficient (Wildman–Crippen LogP) is 4.12. The van der Waals surface area contributed by atoms with E-state index in [1.165, 1.54) is 0 Å². The van der Waals surface area contributed by atoms with E-state index < -0.39 is 0 Å². The summed E-state index contributed by atoms with van der Waals surface area (Å²) in [6, 6.07) is 14.1. The maximum Gasteiger partial charge on any atom is 0.227 e. The number of aromatic nitrogens is 2. The number of anilines is 1. The number of hydrogen-bond donors (Lipinski definition) is 1. The van der Waals surface area contributed by atoms with Gasteiger partial charge in [0, 0.05) is 24.6 Å². The van der Waals surface area contributed by atoms with Crippen molar-refractivity contribution in [1.82, 2.24) is 9.97 Å². The number of carbonyl (C=O) groups excluding carboxylic acids is 1. The molecule has 0 saturated carbocycles. The maximum absolute atomic E-state index is 12.6. The first-order chi connectivity index (χ1) is 11.1. The highest BCUT2D eigenvalue weighted by Crippen LogP contribution is 2.34. The van der Waals surface area contributed by atoms with E-state index >= 15 is 0 Å². The van der Waals surface area contributed by atoms with E-state index in [4.69, 9.17) is 0 Å². The van der Waals surface area contributed by atoms with Gasteiger partial charge in [-0.25, -0.2) is 4.98 Å². The van der Waals surface area contributed by atoms with Crippen LogP contribution in [0.25, 0.3) is 11.0 Å². The van der Waals surface area contributed by atoms with Crippen molar-refractivity contribution >= 4 is 35.0 Å². The number of carbonyl (C=O) groups is 1. The number of nitrogens with one attached hydrogen (secondary N) is 1. The van der Waals surface area contributed by atoms with Crippen LogP contribution in [-0.4, -0.2) is 22.4 Å². The van der Waals surface area contributed by atoms with Crippen molar-refractivity contribution in [2.75, 3.05) is 11.4 Å². The molecule has 4 rings (SSSR count). The lowest BCUT2D eigenvalue weighted by atomic mass is 10.1. The van der Waals surface area contributed by atoms with Crippen LogP contribution in [0.5, 0.6) is 0 Å². The van der Waals surface area contributed by atoms with E-state index in [9.17, 15) is 4.79 Å². The van der Waals surface area contributed by atoms with Crippen LogP contribution in [0.2, 0.25) is 0 Å². The van der Waals surface area contributed by atoms with Crippen LogP contribution in [0.4, 0.5) is 5.69 Å². The number of para-hydroxylation sites is 3. The molecule has 1 aromatic heterocycles. The first-order valence-electron chi connectivity index (χ1n) is 7.94. The molecule has 2 aromatic carbocycles. The number of H-pyrrole nitrogens is 1. The molecule has 1 amide bonds. The summed E-state index contributed by atoms with van der Waals surface area (Å²) in [4.78, 5) is 22.5. The van der Waals surface area contributed by atoms with Crippen molar-refractivity contribution in [3.05, 3.63) is 59.4 Å². The van der Waals surface area contributed by atoms with E-state index in [0.29, 0.717) is 13.0 Å². The first-order valence-corrected chi connectivity index (χ1v) is 7.94. The van der Waals surface area contributed by atoms with E-state index in [2.05, 4.69) is 35.9 Å². The zero-order valence-electron chi connectivity index (χ0n) is 13.7. The third-order valence-electron chi connectivity index (χ3n) is 4.63. The zero-order valence-corrected chi connectivity index (χ0v) is 14.6. The Morgan fingerprint density at radius 1 is 1.08 bits per heavy atom. The van der Waals surface area contributed by atoms with Crippen LogP contribution in [0.1, 0.15) is 29.3 Å². The second-order valence-electron chi connectivity index (χ2n) is 6.28. The fourth-order valence-corrected chi connectivity index (χ4v) is 3.50. The third-order valence-corrected chi connectivity index (χ3v) is 4.63. The molecule has 0 bridgehead atoms. The summed E-state index contributed by atoms with van der Waals surface area (Å²) in [5.74, 6) is 1.20. The van der Waals surface area contributed by atoms with Crippen LogP contribution in [-0.2, 0) is 4.79 Å². The van der Waals surface area contributed by atoms with Gasteiger partial charge >= 0.3 is 0 Å². The fourth-order valence-electron chi connectivity index (χ4n) is 3.50. The molecule has 1 aliphatic rings. The summed E-state index contributed by atoms with van der Waals surface area (Å²) in [7, 11) is 0. The number of nitrogens with zero attached hydrogens (tertiary/aromatic N) is 2.